The molecule has 2 amide bonds. The third-order valence-electron chi connectivity index (χ3n) is 4.48. The van der Waals surface area contributed by atoms with Gasteiger partial charge < -0.3 is 15.1 Å². The number of carbonyl (C=O) groups is 2. The van der Waals surface area contributed by atoms with Crippen molar-refractivity contribution >= 4 is 34.4 Å². The molecule has 2 aromatic heterocycles. The molecule has 1 aromatic carbocycles. The molecule has 0 spiro atoms. The zero-order chi connectivity index (χ0) is 18.6. The third-order valence-corrected chi connectivity index (χ3v) is 4.48. The van der Waals surface area contributed by atoms with Gasteiger partial charge in [0.25, 0.3) is 0 Å². The molecule has 8 heteroatoms. The fourth-order valence-corrected chi connectivity index (χ4v) is 3.09. The van der Waals surface area contributed by atoms with Gasteiger partial charge in [-0.2, -0.15) is 0 Å². The number of anilines is 2. The SMILES string of the molecule is O=C(Nc1cccc2cccnc12)C(=O)N1CCN(c2ncccn2)CC1. The van der Waals surface area contributed by atoms with Gasteiger partial charge >= 0.3 is 11.8 Å². The summed E-state index contributed by atoms with van der Waals surface area (Å²) in [7, 11) is 0. The topological polar surface area (TPSA) is 91.3 Å². The Morgan fingerprint density at radius 2 is 1.56 bits per heavy atom. The minimum Gasteiger partial charge on any atom is -0.337 e. The molecule has 0 atom stereocenters. The van der Waals surface area contributed by atoms with Gasteiger partial charge in [-0.25, -0.2) is 9.97 Å². The standard InChI is InChI=1S/C19H18N6O2/c26-17(23-15-6-1-4-14-5-2-7-20-16(14)15)18(27)24-10-12-25(13-11-24)19-21-8-3-9-22-19/h1-9H,10-13H2,(H,23,26). The van der Waals surface area contributed by atoms with Crippen molar-refractivity contribution in [3.63, 3.8) is 0 Å². The highest BCUT2D eigenvalue weighted by Crippen LogP contribution is 2.20. The van der Waals surface area contributed by atoms with E-state index >= 15 is 0 Å². The number of rotatable bonds is 2. The summed E-state index contributed by atoms with van der Waals surface area (Å²) in [5.74, 6) is -0.565. The van der Waals surface area contributed by atoms with Crippen molar-refractivity contribution in [3.8, 4) is 0 Å². The van der Waals surface area contributed by atoms with E-state index in [9.17, 15) is 9.59 Å². The van der Waals surface area contributed by atoms with Crippen molar-refractivity contribution in [3.05, 3.63) is 55.0 Å². The second-order valence-electron chi connectivity index (χ2n) is 6.16. The number of fused-ring (bicyclic) bond motifs is 1. The van der Waals surface area contributed by atoms with E-state index in [0.717, 1.165) is 5.39 Å². The first-order chi connectivity index (χ1) is 13.2. The summed E-state index contributed by atoms with van der Waals surface area (Å²) >= 11 is 0. The minimum absolute atomic E-state index is 0.443. The number of hydrogen-bond donors (Lipinski definition) is 1. The molecule has 3 aromatic rings. The molecule has 1 aliphatic rings. The van der Waals surface area contributed by atoms with Gasteiger partial charge in [-0.15, -0.1) is 0 Å². The summed E-state index contributed by atoms with van der Waals surface area (Å²) in [6.45, 7) is 2.05. The first-order valence-corrected chi connectivity index (χ1v) is 8.68. The van der Waals surface area contributed by atoms with Crippen molar-refractivity contribution in [2.24, 2.45) is 0 Å². The average molecular weight is 362 g/mol. The second kappa shape index (κ2) is 7.36. The Labute approximate surface area is 155 Å². The van der Waals surface area contributed by atoms with Crippen molar-refractivity contribution in [2.45, 2.75) is 0 Å². The first kappa shape index (κ1) is 16.9. The fourth-order valence-electron chi connectivity index (χ4n) is 3.09. The van der Waals surface area contributed by atoms with Crippen LogP contribution in [0.1, 0.15) is 0 Å². The van der Waals surface area contributed by atoms with Crippen LogP contribution in [0.15, 0.2) is 55.0 Å². The highest BCUT2D eigenvalue weighted by molar-refractivity contribution is 6.40. The molecule has 4 rings (SSSR count). The van der Waals surface area contributed by atoms with Gasteiger partial charge in [-0.3, -0.25) is 14.6 Å². The molecule has 136 valence electrons. The van der Waals surface area contributed by atoms with Crippen LogP contribution in [0.5, 0.6) is 0 Å². The lowest BCUT2D eigenvalue weighted by molar-refractivity contribution is -0.143. The summed E-state index contributed by atoms with van der Waals surface area (Å²) in [5, 5.41) is 3.60. The number of para-hydroxylation sites is 1. The van der Waals surface area contributed by atoms with Crippen LogP contribution in [0, 0.1) is 0 Å². The summed E-state index contributed by atoms with van der Waals surface area (Å²) < 4.78 is 0. The van der Waals surface area contributed by atoms with Crippen molar-refractivity contribution in [1.82, 2.24) is 19.9 Å². The molecule has 1 saturated heterocycles. The summed E-state index contributed by atoms with van der Waals surface area (Å²) in [5.41, 5.74) is 1.19. The third kappa shape index (κ3) is 3.55. The predicted octanol–water partition coefficient (Wildman–Crippen LogP) is 1.31. The van der Waals surface area contributed by atoms with Gasteiger partial charge in [0, 0.05) is 50.2 Å². The number of carbonyl (C=O) groups excluding carboxylic acids is 2. The molecule has 0 unspecified atom stereocenters. The maximum absolute atomic E-state index is 12.5. The molecule has 8 nitrogen and oxygen atoms in total. The van der Waals surface area contributed by atoms with E-state index in [-0.39, 0.29) is 0 Å². The Balaban J connectivity index is 1.40. The smallest absolute Gasteiger partial charge is 0.313 e. The molecule has 0 saturated carbocycles. The predicted molar refractivity (Wildman–Crippen MR) is 101 cm³/mol. The fraction of sp³-hybridized carbons (Fsp3) is 0.211. The molecule has 1 fully saturated rings. The average Bonchev–Trinajstić information content (AvgIpc) is 2.74. The monoisotopic (exact) mass is 362 g/mol. The molecule has 27 heavy (non-hydrogen) atoms. The Hall–Kier alpha value is -3.55. The highest BCUT2D eigenvalue weighted by atomic mass is 16.2. The molecular weight excluding hydrogens is 344 g/mol. The van der Waals surface area contributed by atoms with Crippen LogP contribution in [0.2, 0.25) is 0 Å². The molecule has 1 aliphatic heterocycles. The Morgan fingerprint density at radius 1 is 0.852 bits per heavy atom. The first-order valence-electron chi connectivity index (χ1n) is 8.68. The van der Waals surface area contributed by atoms with Gasteiger partial charge in [0.1, 0.15) is 0 Å². The van der Waals surface area contributed by atoms with E-state index in [0.29, 0.717) is 43.3 Å². The summed E-state index contributed by atoms with van der Waals surface area (Å²) in [6, 6.07) is 11.0. The molecular formula is C19H18N6O2. The zero-order valence-electron chi connectivity index (χ0n) is 14.6. The summed E-state index contributed by atoms with van der Waals surface area (Å²) in [4.78, 5) is 41.2. The van der Waals surface area contributed by atoms with Crippen LogP contribution in [0.25, 0.3) is 10.9 Å². The van der Waals surface area contributed by atoms with E-state index in [1.165, 1.54) is 0 Å². The van der Waals surface area contributed by atoms with Crippen LogP contribution in [-0.4, -0.2) is 57.8 Å². The van der Waals surface area contributed by atoms with Crippen molar-refractivity contribution in [2.75, 3.05) is 36.4 Å². The summed E-state index contributed by atoms with van der Waals surface area (Å²) in [6.07, 6.45) is 5.03. The van der Waals surface area contributed by atoms with E-state index in [1.807, 2.05) is 29.2 Å². The maximum Gasteiger partial charge on any atom is 0.313 e. The zero-order valence-corrected chi connectivity index (χ0v) is 14.6. The quantitative estimate of drug-likeness (QED) is 0.691. The molecule has 1 N–H and O–H groups in total. The molecule has 0 bridgehead atoms. The lowest BCUT2D eigenvalue weighted by Crippen LogP contribution is -2.52. The largest absolute Gasteiger partial charge is 0.337 e. The number of benzene rings is 1. The second-order valence-corrected chi connectivity index (χ2v) is 6.16. The van der Waals surface area contributed by atoms with Crippen LogP contribution in [-0.2, 0) is 9.59 Å². The van der Waals surface area contributed by atoms with Gasteiger partial charge in [-0.05, 0) is 18.2 Å². The van der Waals surface area contributed by atoms with Gasteiger partial charge in [0.15, 0.2) is 0 Å². The van der Waals surface area contributed by atoms with Crippen LogP contribution in [0.3, 0.4) is 0 Å². The van der Waals surface area contributed by atoms with E-state index < -0.39 is 11.8 Å². The Kier molecular flexibility index (Phi) is 4.61. The minimum atomic E-state index is -0.655. The van der Waals surface area contributed by atoms with E-state index in [4.69, 9.17) is 0 Å². The number of nitrogens with one attached hydrogen (secondary N) is 1. The molecule has 3 heterocycles. The normalized spacial score (nSPS) is 14.2. The number of hydrogen-bond acceptors (Lipinski definition) is 6. The van der Waals surface area contributed by atoms with Gasteiger partial charge in [0.2, 0.25) is 5.95 Å². The molecule has 0 aliphatic carbocycles. The maximum atomic E-state index is 12.5. The van der Waals surface area contributed by atoms with E-state index in [2.05, 4.69) is 20.3 Å². The van der Waals surface area contributed by atoms with Crippen molar-refractivity contribution in [1.29, 1.82) is 0 Å². The van der Waals surface area contributed by atoms with Gasteiger partial charge in [0.05, 0.1) is 11.2 Å². The molecule has 0 radical (unpaired) electrons. The number of amides is 2. The van der Waals surface area contributed by atoms with Crippen LogP contribution < -0.4 is 10.2 Å². The highest BCUT2D eigenvalue weighted by Gasteiger charge is 2.27. The lowest BCUT2D eigenvalue weighted by atomic mass is 10.2. The lowest BCUT2D eigenvalue weighted by Gasteiger charge is -2.34. The number of pyridine rings is 1. The Bertz CT molecular complexity index is 965. The van der Waals surface area contributed by atoms with Crippen LogP contribution in [0.4, 0.5) is 11.6 Å². The Morgan fingerprint density at radius 3 is 2.33 bits per heavy atom. The number of nitrogens with zero attached hydrogens (tertiary/aromatic N) is 5. The van der Waals surface area contributed by atoms with Gasteiger partial charge in [-0.1, -0.05) is 18.2 Å². The van der Waals surface area contributed by atoms with Crippen LogP contribution >= 0.6 is 0 Å². The number of piperazine rings is 1. The van der Waals surface area contributed by atoms with E-state index in [1.54, 1.807) is 35.6 Å². The number of aromatic nitrogens is 3. The van der Waals surface area contributed by atoms with Crippen molar-refractivity contribution < 1.29 is 9.59 Å².